The molecule has 3 rings (SSSR count). The summed E-state index contributed by atoms with van der Waals surface area (Å²) in [5, 5.41) is 3.00. The third kappa shape index (κ3) is 5.44. The monoisotopic (exact) mass is 503 g/mol. The first kappa shape index (κ1) is 23.7. The summed E-state index contributed by atoms with van der Waals surface area (Å²) in [6, 6.07) is 7.78. The van der Waals surface area contributed by atoms with Gasteiger partial charge >= 0.3 is 0 Å². The van der Waals surface area contributed by atoms with Crippen LogP contribution in [0.2, 0.25) is 15.1 Å². The first-order valence-corrected chi connectivity index (χ1v) is 12.3. The van der Waals surface area contributed by atoms with Crippen LogP contribution in [0, 0.1) is 6.92 Å². The Morgan fingerprint density at radius 3 is 2.39 bits per heavy atom. The smallest absolute Gasteiger partial charge is 0.245 e. The molecule has 31 heavy (non-hydrogen) atoms. The van der Waals surface area contributed by atoms with Crippen LogP contribution in [0.3, 0.4) is 0 Å². The van der Waals surface area contributed by atoms with Gasteiger partial charge in [-0.2, -0.15) is 0 Å². The SMILES string of the molecule is Cc1cc(NC(=O)CN(c2cc(Cl)c(Cl)cc2Cl)S(C)(=O)=O)ccc1N1CCCC1=O. The van der Waals surface area contributed by atoms with Crippen molar-refractivity contribution in [1.82, 2.24) is 0 Å². The van der Waals surface area contributed by atoms with Gasteiger partial charge in [-0.3, -0.25) is 13.9 Å². The third-order valence-corrected chi connectivity index (χ3v) is 6.94. The molecule has 2 amide bonds. The molecule has 1 aliphatic rings. The zero-order chi connectivity index (χ0) is 22.9. The molecule has 1 saturated heterocycles. The lowest BCUT2D eigenvalue weighted by molar-refractivity contribution is -0.117. The van der Waals surface area contributed by atoms with Crippen LogP contribution >= 0.6 is 34.8 Å². The van der Waals surface area contributed by atoms with Gasteiger partial charge in [0.15, 0.2) is 0 Å². The molecular weight excluding hydrogens is 485 g/mol. The highest BCUT2D eigenvalue weighted by Gasteiger charge is 2.25. The molecular formula is C20H20Cl3N3O4S. The lowest BCUT2D eigenvalue weighted by atomic mass is 10.1. The quantitative estimate of drug-likeness (QED) is 0.587. The molecule has 0 spiro atoms. The van der Waals surface area contributed by atoms with E-state index in [1.165, 1.54) is 12.1 Å². The predicted octanol–water partition coefficient (Wildman–Crippen LogP) is 4.49. The van der Waals surface area contributed by atoms with Crippen LogP contribution in [0.15, 0.2) is 30.3 Å². The number of nitrogens with zero attached hydrogens (tertiary/aromatic N) is 2. The van der Waals surface area contributed by atoms with Gasteiger partial charge in [-0.25, -0.2) is 8.42 Å². The van der Waals surface area contributed by atoms with Gasteiger partial charge in [-0.1, -0.05) is 34.8 Å². The zero-order valence-corrected chi connectivity index (χ0v) is 19.9. The van der Waals surface area contributed by atoms with Crippen molar-refractivity contribution in [3.05, 3.63) is 51.0 Å². The maximum absolute atomic E-state index is 12.6. The molecule has 0 radical (unpaired) electrons. The summed E-state index contributed by atoms with van der Waals surface area (Å²) >= 11 is 18.1. The van der Waals surface area contributed by atoms with E-state index in [1.54, 1.807) is 23.1 Å². The standard InChI is InChI=1S/C20H20Cl3N3O4S/c1-12-8-13(5-6-17(12)25-7-3-4-20(25)28)24-19(27)11-26(31(2,29)30)18-10-15(22)14(21)9-16(18)23/h5-6,8-10H,3-4,7,11H2,1-2H3,(H,24,27). The van der Waals surface area contributed by atoms with Crippen LogP contribution in [0.25, 0.3) is 0 Å². The number of rotatable bonds is 6. The van der Waals surface area contributed by atoms with Crippen LogP contribution in [0.1, 0.15) is 18.4 Å². The second-order valence-electron chi connectivity index (χ2n) is 7.19. The van der Waals surface area contributed by atoms with Crippen molar-refractivity contribution in [3.63, 3.8) is 0 Å². The molecule has 2 aromatic carbocycles. The van der Waals surface area contributed by atoms with E-state index in [1.807, 2.05) is 6.92 Å². The van der Waals surface area contributed by atoms with E-state index in [9.17, 15) is 18.0 Å². The van der Waals surface area contributed by atoms with Gasteiger partial charge in [0, 0.05) is 24.3 Å². The van der Waals surface area contributed by atoms with E-state index in [4.69, 9.17) is 34.8 Å². The van der Waals surface area contributed by atoms with Gasteiger partial charge in [0.25, 0.3) is 0 Å². The van der Waals surface area contributed by atoms with E-state index in [-0.39, 0.29) is 26.7 Å². The first-order chi connectivity index (χ1) is 14.5. The lowest BCUT2D eigenvalue weighted by Crippen LogP contribution is -2.37. The van der Waals surface area contributed by atoms with Crippen molar-refractivity contribution in [2.75, 3.05) is 33.9 Å². The number of aryl methyl sites for hydroxylation is 1. The molecule has 2 aromatic rings. The molecule has 0 bridgehead atoms. The molecule has 1 aliphatic heterocycles. The summed E-state index contributed by atoms with van der Waals surface area (Å²) in [4.78, 5) is 26.3. The van der Waals surface area contributed by atoms with Crippen LogP contribution in [0.5, 0.6) is 0 Å². The van der Waals surface area contributed by atoms with Gasteiger partial charge in [-0.05, 0) is 49.2 Å². The molecule has 1 N–H and O–H groups in total. The number of hydrogen-bond donors (Lipinski definition) is 1. The molecule has 0 aliphatic carbocycles. The molecule has 11 heteroatoms. The number of sulfonamides is 1. The number of hydrogen-bond acceptors (Lipinski definition) is 4. The Labute approximate surface area is 195 Å². The van der Waals surface area contributed by atoms with Crippen LogP contribution in [-0.4, -0.2) is 39.6 Å². The number of carbonyl (C=O) groups excluding carboxylic acids is 2. The fourth-order valence-electron chi connectivity index (χ4n) is 3.35. The Morgan fingerprint density at radius 1 is 1.13 bits per heavy atom. The molecule has 7 nitrogen and oxygen atoms in total. The molecule has 0 saturated carbocycles. The minimum atomic E-state index is -3.85. The summed E-state index contributed by atoms with van der Waals surface area (Å²) in [5.41, 5.74) is 2.14. The Hall–Kier alpha value is -2.00. The van der Waals surface area contributed by atoms with Crippen molar-refractivity contribution in [1.29, 1.82) is 0 Å². The third-order valence-electron chi connectivity index (χ3n) is 4.79. The van der Waals surface area contributed by atoms with Crippen LogP contribution in [-0.2, 0) is 19.6 Å². The van der Waals surface area contributed by atoms with Crippen molar-refractivity contribution in [3.8, 4) is 0 Å². The highest BCUT2D eigenvalue weighted by molar-refractivity contribution is 7.92. The molecule has 1 fully saturated rings. The minimum absolute atomic E-state index is 0.0445. The normalized spacial score (nSPS) is 14.1. The summed E-state index contributed by atoms with van der Waals surface area (Å²) < 4.78 is 25.5. The number of halogens is 3. The summed E-state index contributed by atoms with van der Waals surface area (Å²) in [7, 11) is -3.85. The van der Waals surface area contributed by atoms with E-state index in [0.29, 0.717) is 18.7 Å². The molecule has 166 valence electrons. The molecule has 0 unspecified atom stereocenters. The Morgan fingerprint density at radius 2 is 1.81 bits per heavy atom. The highest BCUT2D eigenvalue weighted by Crippen LogP contribution is 2.35. The first-order valence-electron chi connectivity index (χ1n) is 9.30. The van der Waals surface area contributed by atoms with Crippen molar-refractivity contribution in [2.45, 2.75) is 19.8 Å². The molecule has 0 atom stereocenters. The van der Waals surface area contributed by atoms with Crippen LogP contribution < -0.4 is 14.5 Å². The summed E-state index contributed by atoms with van der Waals surface area (Å²) in [5.74, 6) is -0.501. The number of anilines is 3. The number of nitrogens with one attached hydrogen (secondary N) is 1. The average molecular weight is 505 g/mol. The Kier molecular flexibility index (Phi) is 7.05. The van der Waals surface area contributed by atoms with Crippen LogP contribution in [0.4, 0.5) is 17.1 Å². The summed E-state index contributed by atoms with van der Waals surface area (Å²) in [6.07, 6.45) is 2.30. The van der Waals surface area contributed by atoms with Crippen molar-refractivity contribution in [2.24, 2.45) is 0 Å². The predicted molar refractivity (Wildman–Crippen MR) is 125 cm³/mol. The topological polar surface area (TPSA) is 86.8 Å². The number of carbonyl (C=O) groups is 2. The van der Waals surface area contributed by atoms with Crippen molar-refractivity contribution >= 4 is 73.7 Å². The maximum Gasteiger partial charge on any atom is 0.245 e. The van der Waals surface area contributed by atoms with Crippen molar-refractivity contribution < 1.29 is 18.0 Å². The second kappa shape index (κ2) is 9.24. The highest BCUT2D eigenvalue weighted by atomic mass is 35.5. The minimum Gasteiger partial charge on any atom is -0.325 e. The fourth-order valence-corrected chi connectivity index (χ4v) is 4.91. The molecule has 1 heterocycles. The maximum atomic E-state index is 12.6. The van der Waals surface area contributed by atoms with E-state index >= 15 is 0 Å². The number of benzene rings is 2. The van der Waals surface area contributed by atoms with Gasteiger partial charge in [0.05, 0.1) is 27.0 Å². The van der Waals surface area contributed by atoms with Gasteiger partial charge in [-0.15, -0.1) is 0 Å². The van der Waals surface area contributed by atoms with E-state index in [0.717, 1.165) is 28.2 Å². The zero-order valence-electron chi connectivity index (χ0n) is 16.8. The molecule has 0 aromatic heterocycles. The average Bonchev–Trinajstić information content (AvgIpc) is 3.08. The number of amides is 2. The van der Waals surface area contributed by atoms with E-state index < -0.39 is 22.5 Å². The Balaban J connectivity index is 1.80. The second-order valence-corrected chi connectivity index (χ2v) is 10.3. The van der Waals surface area contributed by atoms with Gasteiger partial charge in [0.1, 0.15) is 6.54 Å². The van der Waals surface area contributed by atoms with E-state index in [2.05, 4.69) is 5.32 Å². The summed E-state index contributed by atoms with van der Waals surface area (Å²) in [6.45, 7) is 2.00. The lowest BCUT2D eigenvalue weighted by Gasteiger charge is -2.23. The Bertz CT molecular complexity index is 1150. The fraction of sp³-hybridized carbons (Fsp3) is 0.300. The van der Waals surface area contributed by atoms with Gasteiger partial charge in [0.2, 0.25) is 21.8 Å². The largest absolute Gasteiger partial charge is 0.325 e. The van der Waals surface area contributed by atoms with Gasteiger partial charge < -0.3 is 10.2 Å².